The maximum Gasteiger partial charge on any atom is 0.152 e. The molecule has 0 aliphatic heterocycles. The van der Waals surface area contributed by atoms with Crippen LogP contribution in [0.1, 0.15) is 38.3 Å². The zero-order valence-electron chi connectivity index (χ0n) is 10.2. The van der Waals surface area contributed by atoms with Gasteiger partial charge in [0, 0.05) is 11.8 Å². The van der Waals surface area contributed by atoms with E-state index in [1.54, 1.807) is 0 Å². The third-order valence-corrected chi connectivity index (χ3v) is 2.77. The highest BCUT2D eigenvalue weighted by molar-refractivity contribution is 5.73. The molecule has 0 saturated heterocycles. The Balaban J connectivity index is 2.47. The highest BCUT2D eigenvalue weighted by Gasteiger charge is 2.25. The summed E-state index contributed by atoms with van der Waals surface area (Å²) >= 11 is 0. The zero-order chi connectivity index (χ0) is 11.9. The smallest absolute Gasteiger partial charge is 0.152 e. The van der Waals surface area contributed by atoms with Crippen molar-refractivity contribution in [3.05, 3.63) is 29.7 Å². The van der Waals surface area contributed by atoms with Gasteiger partial charge in [-0.05, 0) is 24.5 Å². The van der Waals surface area contributed by atoms with Crippen molar-refractivity contribution in [1.29, 1.82) is 0 Å². The molecule has 0 bridgehead atoms. The minimum absolute atomic E-state index is 0.0110. The molecule has 0 radical (unpaired) electrons. The van der Waals surface area contributed by atoms with Crippen LogP contribution in [0.4, 0.5) is 0 Å². The molecule has 0 saturated carbocycles. The van der Waals surface area contributed by atoms with E-state index >= 15 is 0 Å². The molecule has 2 N–H and O–H groups in total. The van der Waals surface area contributed by atoms with Crippen LogP contribution in [-0.4, -0.2) is 4.98 Å². The third-order valence-electron chi connectivity index (χ3n) is 2.77. The number of hydrogen-bond donors (Lipinski definition) is 1. The second-order valence-corrected chi connectivity index (χ2v) is 5.33. The van der Waals surface area contributed by atoms with Crippen molar-refractivity contribution in [1.82, 2.24) is 4.98 Å². The number of nitrogens with zero attached hydrogens (tertiary/aromatic N) is 1. The molecule has 1 atom stereocenters. The van der Waals surface area contributed by atoms with E-state index in [0.717, 1.165) is 22.6 Å². The average Bonchev–Trinajstić information content (AvgIpc) is 2.57. The Morgan fingerprint density at radius 3 is 2.62 bits per heavy atom. The van der Waals surface area contributed by atoms with E-state index in [2.05, 4.69) is 25.8 Å². The van der Waals surface area contributed by atoms with Crippen LogP contribution in [0.25, 0.3) is 11.1 Å². The Labute approximate surface area is 95.7 Å². The summed E-state index contributed by atoms with van der Waals surface area (Å²) in [5.74, 6) is 0.806. The van der Waals surface area contributed by atoms with Crippen LogP contribution >= 0.6 is 0 Å². The van der Waals surface area contributed by atoms with Gasteiger partial charge in [-0.3, -0.25) is 0 Å². The first kappa shape index (κ1) is 11.1. The lowest BCUT2D eigenvalue weighted by Crippen LogP contribution is -2.25. The van der Waals surface area contributed by atoms with Crippen molar-refractivity contribution in [3.8, 4) is 0 Å². The van der Waals surface area contributed by atoms with Gasteiger partial charge in [-0.25, -0.2) is 4.98 Å². The van der Waals surface area contributed by atoms with Crippen molar-refractivity contribution >= 4 is 11.1 Å². The number of furan rings is 1. The summed E-state index contributed by atoms with van der Waals surface area (Å²) in [6.07, 6.45) is 0. The molecule has 0 amide bonds. The molecule has 2 aromatic heterocycles. The monoisotopic (exact) mass is 218 g/mol. The number of aromatic nitrogens is 1. The van der Waals surface area contributed by atoms with Crippen LogP contribution in [0.15, 0.2) is 22.6 Å². The van der Waals surface area contributed by atoms with E-state index in [4.69, 9.17) is 10.2 Å². The molecular weight excluding hydrogens is 200 g/mol. The number of rotatable bonds is 1. The van der Waals surface area contributed by atoms with Crippen LogP contribution < -0.4 is 5.73 Å². The maximum absolute atomic E-state index is 6.15. The van der Waals surface area contributed by atoms with Gasteiger partial charge in [-0.15, -0.1) is 0 Å². The second kappa shape index (κ2) is 3.59. The average molecular weight is 218 g/mol. The predicted octanol–water partition coefficient (Wildman–Crippen LogP) is 3.18. The molecule has 0 fully saturated rings. The third kappa shape index (κ3) is 1.95. The molecule has 0 aromatic carbocycles. The topological polar surface area (TPSA) is 52.0 Å². The molecule has 0 unspecified atom stereocenters. The molecule has 2 aromatic rings. The number of pyridine rings is 1. The summed E-state index contributed by atoms with van der Waals surface area (Å²) in [5.41, 5.74) is 8.82. The van der Waals surface area contributed by atoms with Crippen LogP contribution in [-0.2, 0) is 0 Å². The minimum atomic E-state index is -0.109. The van der Waals surface area contributed by atoms with Gasteiger partial charge in [-0.2, -0.15) is 0 Å². The van der Waals surface area contributed by atoms with E-state index < -0.39 is 0 Å². The van der Waals surface area contributed by atoms with Gasteiger partial charge >= 0.3 is 0 Å². The number of fused-ring (bicyclic) bond motifs is 1. The second-order valence-electron chi connectivity index (χ2n) is 5.33. The van der Waals surface area contributed by atoms with Crippen molar-refractivity contribution < 1.29 is 4.42 Å². The van der Waals surface area contributed by atoms with E-state index in [1.165, 1.54) is 0 Å². The van der Waals surface area contributed by atoms with E-state index in [1.807, 2.05) is 25.1 Å². The first-order valence-electron chi connectivity index (χ1n) is 5.50. The van der Waals surface area contributed by atoms with E-state index in [-0.39, 0.29) is 11.5 Å². The van der Waals surface area contributed by atoms with Gasteiger partial charge in [0.05, 0.1) is 6.04 Å². The zero-order valence-corrected chi connectivity index (χ0v) is 10.2. The van der Waals surface area contributed by atoms with Gasteiger partial charge in [0.2, 0.25) is 0 Å². The van der Waals surface area contributed by atoms with Crippen LogP contribution in [0.5, 0.6) is 0 Å². The summed E-state index contributed by atoms with van der Waals surface area (Å²) < 4.78 is 5.72. The van der Waals surface area contributed by atoms with Crippen LogP contribution in [0, 0.1) is 12.3 Å². The van der Waals surface area contributed by atoms with Crippen molar-refractivity contribution in [2.75, 3.05) is 0 Å². The lowest BCUT2D eigenvalue weighted by atomic mass is 9.86. The Morgan fingerprint density at radius 1 is 1.31 bits per heavy atom. The lowest BCUT2D eigenvalue weighted by Gasteiger charge is -2.24. The number of hydrogen-bond acceptors (Lipinski definition) is 3. The summed E-state index contributed by atoms with van der Waals surface area (Å²) in [7, 11) is 0. The summed E-state index contributed by atoms with van der Waals surface area (Å²) in [4.78, 5) is 4.41. The molecule has 0 aliphatic rings. The van der Waals surface area contributed by atoms with E-state index in [0.29, 0.717) is 0 Å². The van der Waals surface area contributed by atoms with Crippen LogP contribution in [0.2, 0.25) is 0 Å². The Bertz CT molecular complexity index is 508. The summed E-state index contributed by atoms with van der Waals surface area (Å²) in [6, 6.07) is 5.72. The van der Waals surface area contributed by atoms with Crippen molar-refractivity contribution in [2.24, 2.45) is 11.1 Å². The van der Waals surface area contributed by atoms with Crippen molar-refractivity contribution in [2.45, 2.75) is 33.7 Å². The normalized spacial score (nSPS) is 14.3. The molecule has 0 aliphatic carbocycles. The Morgan fingerprint density at radius 2 is 2.00 bits per heavy atom. The largest absolute Gasteiger partial charge is 0.458 e. The number of aryl methyl sites for hydroxylation is 1. The van der Waals surface area contributed by atoms with Gasteiger partial charge in [0.15, 0.2) is 5.58 Å². The first-order chi connectivity index (χ1) is 7.38. The molecule has 2 heterocycles. The fraction of sp³-hybridized carbons (Fsp3) is 0.462. The molecular formula is C13H18N2O. The summed E-state index contributed by atoms with van der Waals surface area (Å²) in [5, 5.41) is 0. The SMILES string of the molecule is Cc1ccc2oc([C@H](N)C(C)(C)C)cc2n1. The summed E-state index contributed by atoms with van der Waals surface area (Å²) in [6.45, 7) is 8.27. The first-order valence-corrected chi connectivity index (χ1v) is 5.50. The standard InChI is InChI=1S/C13H18N2O/c1-8-5-6-10-9(15-8)7-11(16-10)12(14)13(2,3)4/h5-7,12H,14H2,1-4H3/t12-/m0/s1. The Hall–Kier alpha value is -1.35. The Kier molecular flexibility index (Phi) is 2.50. The molecule has 3 heteroatoms. The predicted molar refractivity (Wildman–Crippen MR) is 65.1 cm³/mol. The molecule has 0 spiro atoms. The maximum atomic E-state index is 6.15. The van der Waals surface area contributed by atoms with Crippen LogP contribution in [0.3, 0.4) is 0 Å². The quantitative estimate of drug-likeness (QED) is 0.799. The van der Waals surface area contributed by atoms with Crippen molar-refractivity contribution in [3.63, 3.8) is 0 Å². The van der Waals surface area contributed by atoms with Gasteiger partial charge in [0.25, 0.3) is 0 Å². The van der Waals surface area contributed by atoms with Gasteiger partial charge < -0.3 is 10.2 Å². The highest BCUT2D eigenvalue weighted by atomic mass is 16.3. The molecule has 2 rings (SSSR count). The van der Waals surface area contributed by atoms with E-state index in [9.17, 15) is 0 Å². The molecule has 86 valence electrons. The van der Waals surface area contributed by atoms with Gasteiger partial charge in [-0.1, -0.05) is 20.8 Å². The lowest BCUT2D eigenvalue weighted by molar-refractivity contribution is 0.290. The molecule has 16 heavy (non-hydrogen) atoms. The van der Waals surface area contributed by atoms with Gasteiger partial charge in [0.1, 0.15) is 11.3 Å². The minimum Gasteiger partial charge on any atom is -0.458 e. The molecule has 3 nitrogen and oxygen atoms in total. The fourth-order valence-corrected chi connectivity index (χ4v) is 1.62. The number of nitrogens with two attached hydrogens (primary N) is 1. The fourth-order valence-electron chi connectivity index (χ4n) is 1.62. The highest BCUT2D eigenvalue weighted by Crippen LogP contribution is 2.33.